The molecule has 0 spiro atoms. The van der Waals surface area contributed by atoms with Gasteiger partial charge in [-0.3, -0.25) is 0 Å². The van der Waals surface area contributed by atoms with E-state index >= 15 is 0 Å². The number of hydrogen-bond acceptors (Lipinski definition) is 2. The molecule has 1 heterocycles. The first-order valence-electron chi connectivity index (χ1n) is 6.48. The summed E-state index contributed by atoms with van der Waals surface area (Å²) in [6.07, 6.45) is 3.45. The summed E-state index contributed by atoms with van der Waals surface area (Å²) in [7, 11) is 0. The minimum absolute atomic E-state index is 0. The van der Waals surface area contributed by atoms with Crippen LogP contribution in [0.15, 0.2) is 18.2 Å². The van der Waals surface area contributed by atoms with Crippen LogP contribution in [0.3, 0.4) is 0 Å². The first-order chi connectivity index (χ1) is 8.75. The highest BCUT2D eigenvalue weighted by molar-refractivity contribution is 5.85. The van der Waals surface area contributed by atoms with Gasteiger partial charge >= 0.3 is 0 Å². The van der Waals surface area contributed by atoms with E-state index in [2.05, 4.69) is 5.32 Å². The Hall–Kier alpha value is -0.710. The molecule has 0 saturated carbocycles. The minimum Gasteiger partial charge on any atom is -0.377 e. The molecule has 1 aromatic rings. The van der Waals surface area contributed by atoms with E-state index in [9.17, 15) is 8.78 Å². The molecule has 0 aromatic heterocycles. The Morgan fingerprint density at radius 3 is 2.84 bits per heavy atom. The van der Waals surface area contributed by atoms with Crippen molar-refractivity contribution in [1.82, 2.24) is 5.32 Å². The van der Waals surface area contributed by atoms with Crippen LogP contribution in [0, 0.1) is 17.6 Å². The molecule has 108 valence electrons. The topological polar surface area (TPSA) is 21.3 Å². The van der Waals surface area contributed by atoms with Crippen molar-refractivity contribution >= 4 is 12.4 Å². The van der Waals surface area contributed by atoms with E-state index < -0.39 is 11.6 Å². The summed E-state index contributed by atoms with van der Waals surface area (Å²) in [4.78, 5) is 0. The minimum atomic E-state index is -0.551. The Labute approximate surface area is 118 Å². The summed E-state index contributed by atoms with van der Waals surface area (Å²) in [5.74, 6) is -0.421. The van der Waals surface area contributed by atoms with Crippen LogP contribution in [0.5, 0.6) is 0 Å². The molecule has 2 rings (SSSR count). The van der Waals surface area contributed by atoms with Crippen molar-refractivity contribution in [2.45, 2.75) is 25.9 Å². The average molecular weight is 292 g/mol. The molecule has 1 unspecified atom stereocenters. The van der Waals surface area contributed by atoms with E-state index in [1.165, 1.54) is 25.0 Å². The lowest BCUT2D eigenvalue weighted by atomic mass is 9.97. The molecule has 19 heavy (non-hydrogen) atoms. The third kappa shape index (κ3) is 5.43. The number of benzene rings is 1. The van der Waals surface area contributed by atoms with Crippen molar-refractivity contribution in [2.24, 2.45) is 5.92 Å². The van der Waals surface area contributed by atoms with Crippen LogP contribution < -0.4 is 5.32 Å². The van der Waals surface area contributed by atoms with E-state index in [4.69, 9.17) is 4.74 Å². The van der Waals surface area contributed by atoms with Gasteiger partial charge in [0.15, 0.2) is 0 Å². The van der Waals surface area contributed by atoms with E-state index in [1.807, 2.05) is 0 Å². The summed E-state index contributed by atoms with van der Waals surface area (Å²) >= 11 is 0. The van der Waals surface area contributed by atoms with E-state index in [1.54, 1.807) is 0 Å². The summed E-state index contributed by atoms with van der Waals surface area (Å²) in [5.41, 5.74) is 0.415. The number of nitrogens with one attached hydrogen (secondary N) is 1. The zero-order valence-corrected chi connectivity index (χ0v) is 11.6. The Bertz CT molecular complexity index is 384. The van der Waals surface area contributed by atoms with Gasteiger partial charge in [-0.15, -0.1) is 12.4 Å². The highest BCUT2D eigenvalue weighted by Crippen LogP contribution is 2.15. The molecule has 1 atom stereocenters. The lowest BCUT2D eigenvalue weighted by Gasteiger charge is -2.22. The maximum atomic E-state index is 13.3. The van der Waals surface area contributed by atoms with Gasteiger partial charge in [-0.2, -0.15) is 0 Å². The highest BCUT2D eigenvalue weighted by atomic mass is 35.5. The Kier molecular flexibility index (Phi) is 7.28. The number of ether oxygens (including phenoxy) is 1. The maximum absolute atomic E-state index is 13.3. The van der Waals surface area contributed by atoms with E-state index in [0.717, 1.165) is 25.6 Å². The second-order valence-electron chi connectivity index (χ2n) is 4.79. The standard InChI is InChI=1S/C14H19F2NO.ClH/c15-13-4-3-12(14(16)8-13)10-18-7-5-11-2-1-6-17-9-11;/h3-4,8,11,17H,1-2,5-7,9-10H2;1H. The summed E-state index contributed by atoms with van der Waals surface area (Å²) in [6.45, 7) is 3.00. The highest BCUT2D eigenvalue weighted by Gasteiger charge is 2.12. The molecule has 1 aliphatic rings. The average Bonchev–Trinajstić information content (AvgIpc) is 2.38. The summed E-state index contributed by atoms with van der Waals surface area (Å²) in [5, 5.41) is 3.35. The quantitative estimate of drug-likeness (QED) is 0.841. The molecule has 1 saturated heterocycles. The lowest BCUT2D eigenvalue weighted by Crippen LogP contribution is -2.30. The Balaban J connectivity index is 0.00000180. The van der Waals surface area contributed by atoms with Crippen molar-refractivity contribution in [3.05, 3.63) is 35.4 Å². The fourth-order valence-corrected chi connectivity index (χ4v) is 2.24. The van der Waals surface area contributed by atoms with Crippen LogP contribution in [-0.4, -0.2) is 19.7 Å². The first kappa shape index (κ1) is 16.3. The zero-order valence-electron chi connectivity index (χ0n) is 10.8. The number of halogens is 3. The Morgan fingerprint density at radius 1 is 1.32 bits per heavy atom. The number of rotatable bonds is 5. The van der Waals surface area contributed by atoms with Gasteiger partial charge in [0.05, 0.1) is 6.61 Å². The molecule has 0 bridgehead atoms. The Morgan fingerprint density at radius 2 is 2.16 bits per heavy atom. The molecule has 1 fully saturated rings. The predicted octanol–water partition coefficient (Wildman–Crippen LogP) is 3.29. The van der Waals surface area contributed by atoms with Gasteiger partial charge in [0, 0.05) is 18.2 Å². The smallest absolute Gasteiger partial charge is 0.131 e. The van der Waals surface area contributed by atoms with Gasteiger partial charge in [-0.05, 0) is 44.3 Å². The fraction of sp³-hybridized carbons (Fsp3) is 0.571. The monoisotopic (exact) mass is 291 g/mol. The van der Waals surface area contributed by atoms with Crippen LogP contribution in [0.2, 0.25) is 0 Å². The molecule has 2 nitrogen and oxygen atoms in total. The molecule has 5 heteroatoms. The summed E-state index contributed by atoms with van der Waals surface area (Å²) < 4.78 is 31.4. The lowest BCUT2D eigenvalue weighted by molar-refractivity contribution is 0.101. The first-order valence-corrected chi connectivity index (χ1v) is 6.48. The van der Waals surface area contributed by atoms with Crippen LogP contribution >= 0.6 is 12.4 Å². The largest absolute Gasteiger partial charge is 0.377 e. The molecular formula is C14H20ClF2NO. The molecule has 1 aliphatic heterocycles. The third-order valence-corrected chi connectivity index (χ3v) is 3.34. The molecule has 1 N–H and O–H groups in total. The van der Waals surface area contributed by atoms with Crippen LogP contribution in [0.4, 0.5) is 8.78 Å². The fourth-order valence-electron chi connectivity index (χ4n) is 2.24. The van der Waals surface area contributed by atoms with Crippen LogP contribution in [0.1, 0.15) is 24.8 Å². The molecule has 0 aliphatic carbocycles. The second-order valence-corrected chi connectivity index (χ2v) is 4.79. The van der Waals surface area contributed by atoms with E-state index in [-0.39, 0.29) is 19.0 Å². The number of hydrogen-bond donors (Lipinski definition) is 1. The van der Waals surface area contributed by atoms with Crippen LogP contribution in [0.25, 0.3) is 0 Å². The van der Waals surface area contributed by atoms with Gasteiger partial charge < -0.3 is 10.1 Å². The van der Waals surface area contributed by atoms with E-state index in [0.29, 0.717) is 18.1 Å². The van der Waals surface area contributed by atoms with Crippen molar-refractivity contribution < 1.29 is 13.5 Å². The maximum Gasteiger partial charge on any atom is 0.131 e. The summed E-state index contributed by atoms with van der Waals surface area (Å²) in [6, 6.07) is 3.59. The van der Waals surface area contributed by atoms with Gasteiger partial charge in [-0.1, -0.05) is 6.07 Å². The van der Waals surface area contributed by atoms with Crippen molar-refractivity contribution in [3.8, 4) is 0 Å². The third-order valence-electron chi connectivity index (χ3n) is 3.34. The van der Waals surface area contributed by atoms with Crippen LogP contribution in [-0.2, 0) is 11.3 Å². The normalized spacial score (nSPS) is 18.9. The number of piperidine rings is 1. The van der Waals surface area contributed by atoms with Gasteiger partial charge in [0.2, 0.25) is 0 Å². The molecule has 0 amide bonds. The molecule has 0 radical (unpaired) electrons. The van der Waals surface area contributed by atoms with Crippen molar-refractivity contribution in [2.75, 3.05) is 19.7 Å². The van der Waals surface area contributed by atoms with Gasteiger partial charge in [0.25, 0.3) is 0 Å². The SMILES string of the molecule is Cl.Fc1ccc(COCCC2CCCNC2)c(F)c1. The molecule has 1 aromatic carbocycles. The van der Waals surface area contributed by atoms with Gasteiger partial charge in [-0.25, -0.2) is 8.78 Å². The second kappa shape index (κ2) is 8.46. The van der Waals surface area contributed by atoms with Crippen molar-refractivity contribution in [1.29, 1.82) is 0 Å². The van der Waals surface area contributed by atoms with Gasteiger partial charge in [0.1, 0.15) is 11.6 Å². The zero-order chi connectivity index (χ0) is 12.8. The van der Waals surface area contributed by atoms with Crippen molar-refractivity contribution in [3.63, 3.8) is 0 Å². The molecular weight excluding hydrogens is 272 g/mol. The predicted molar refractivity (Wildman–Crippen MR) is 73.5 cm³/mol.